The Kier molecular flexibility index (Phi) is 6.38. The number of phenols is 1. The van der Waals surface area contributed by atoms with Crippen LogP contribution in [0.15, 0.2) is 46.6 Å². The number of halogens is 1. The van der Waals surface area contributed by atoms with Crippen LogP contribution in [-0.4, -0.2) is 34.6 Å². The summed E-state index contributed by atoms with van der Waals surface area (Å²) in [6, 6.07) is 7.61. The maximum atomic E-state index is 13.0. The summed E-state index contributed by atoms with van der Waals surface area (Å²) in [6.07, 6.45) is 2.89. The molecule has 2 aromatic rings. The molecule has 0 saturated carbocycles. The van der Waals surface area contributed by atoms with Crippen molar-refractivity contribution in [2.45, 2.75) is 26.4 Å². The molecule has 0 fully saturated rings. The number of ketones is 1. The number of carbonyl (C=O) groups excluding carboxylic acids is 2. The van der Waals surface area contributed by atoms with Crippen LogP contribution in [0.1, 0.15) is 36.8 Å². The minimum absolute atomic E-state index is 0.0370. The Hall–Kier alpha value is -2.67. The van der Waals surface area contributed by atoms with Crippen molar-refractivity contribution in [3.8, 4) is 11.5 Å². The first-order chi connectivity index (χ1) is 12.6. The molecule has 6 nitrogen and oxygen atoms in total. The summed E-state index contributed by atoms with van der Waals surface area (Å²) in [6.45, 7) is 5.11. The molecule has 0 unspecified atom stereocenters. The van der Waals surface area contributed by atoms with Gasteiger partial charge in [0.15, 0.2) is 0 Å². The third-order valence-corrected chi connectivity index (χ3v) is 3.82. The summed E-state index contributed by atoms with van der Waals surface area (Å²) < 4.78 is 11.1. The van der Waals surface area contributed by atoms with E-state index in [-0.39, 0.29) is 16.9 Å². The predicted octanol–water partition coefficient (Wildman–Crippen LogP) is 4.17. The average molecular weight is 434 g/mol. The van der Waals surface area contributed by atoms with Gasteiger partial charge in [0.25, 0.3) is 0 Å². The van der Waals surface area contributed by atoms with Gasteiger partial charge in [-0.3, -0.25) is 9.78 Å². The SMILES string of the molecule is COc1ccc(C(=O)C(=Cc2ccc(Br)cn2)C(=O)OC(C)(C)C)c(O)c1. The molecule has 27 heavy (non-hydrogen) atoms. The number of hydrogen-bond donors (Lipinski definition) is 1. The molecule has 1 heterocycles. The Labute approximate surface area is 166 Å². The second kappa shape index (κ2) is 8.35. The number of ether oxygens (including phenoxy) is 2. The van der Waals surface area contributed by atoms with Crippen molar-refractivity contribution in [3.05, 3.63) is 57.8 Å². The van der Waals surface area contributed by atoms with Gasteiger partial charge in [0.05, 0.1) is 18.4 Å². The maximum Gasteiger partial charge on any atom is 0.342 e. The van der Waals surface area contributed by atoms with Gasteiger partial charge in [-0.25, -0.2) is 4.79 Å². The molecule has 0 aliphatic carbocycles. The van der Waals surface area contributed by atoms with Crippen molar-refractivity contribution in [3.63, 3.8) is 0 Å². The third-order valence-electron chi connectivity index (χ3n) is 3.36. The maximum absolute atomic E-state index is 13.0. The topological polar surface area (TPSA) is 85.7 Å². The van der Waals surface area contributed by atoms with Gasteiger partial charge in [-0.1, -0.05) is 0 Å². The first kappa shape index (κ1) is 20.6. The highest BCUT2D eigenvalue weighted by molar-refractivity contribution is 9.10. The van der Waals surface area contributed by atoms with E-state index in [0.29, 0.717) is 11.4 Å². The number of pyridine rings is 1. The zero-order chi connectivity index (χ0) is 20.2. The molecular weight excluding hydrogens is 414 g/mol. The number of rotatable bonds is 5. The van der Waals surface area contributed by atoms with E-state index in [2.05, 4.69) is 20.9 Å². The van der Waals surface area contributed by atoms with E-state index in [9.17, 15) is 14.7 Å². The van der Waals surface area contributed by atoms with Crippen LogP contribution in [0.3, 0.4) is 0 Å². The summed E-state index contributed by atoms with van der Waals surface area (Å²) in [5.74, 6) is -1.37. The number of hydrogen-bond acceptors (Lipinski definition) is 6. The van der Waals surface area contributed by atoms with Crippen molar-refractivity contribution in [2.24, 2.45) is 0 Å². The van der Waals surface area contributed by atoms with Crippen LogP contribution in [-0.2, 0) is 9.53 Å². The second-order valence-electron chi connectivity index (χ2n) is 6.67. The number of carbonyl (C=O) groups is 2. The number of Topliss-reactive ketones (excluding diaryl/α,β-unsaturated/α-hetero) is 1. The summed E-state index contributed by atoms with van der Waals surface area (Å²) >= 11 is 3.28. The lowest BCUT2D eigenvalue weighted by atomic mass is 10.0. The van der Waals surface area contributed by atoms with E-state index in [1.54, 1.807) is 39.1 Å². The van der Waals surface area contributed by atoms with Crippen molar-refractivity contribution in [1.29, 1.82) is 0 Å². The van der Waals surface area contributed by atoms with E-state index in [1.165, 1.54) is 31.4 Å². The highest BCUT2D eigenvalue weighted by Crippen LogP contribution is 2.27. The number of benzene rings is 1. The van der Waals surface area contributed by atoms with Crippen molar-refractivity contribution in [2.75, 3.05) is 7.11 Å². The second-order valence-corrected chi connectivity index (χ2v) is 7.59. The molecule has 0 radical (unpaired) electrons. The zero-order valence-corrected chi connectivity index (χ0v) is 17.0. The minimum atomic E-state index is -0.799. The fourth-order valence-corrected chi connectivity index (χ4v) is 2.38. The van der Waals surface area contributed by atoms with Gasteiger partial charge in [-0.05, 0) is 67.0 Å². The standard InChI is InChI=1S/C20H20BrNO5/c1-20(2,3)27-19(25)16(9-13-6-5-12(21)11-22-13)18(24)15-8-7-14(26-4)10-17(15)23/h5-11,23H,1-4H3. The third kappa shape index (κ3) is 5.65. The lowest BCUT2D eigenvalue weighted by Gasteiger charge is -2.20. The Morgan fingerprint density at radius 3 is 2.41 bits per heavy atom. The van der Waals surface area contributed by atoms with E-state index in [1.807, 2.05) is 0 Å². The Morgan fingerprint density at radius 2 is 1.89 bits per heavy atom. The van der Waals surface area contributed by atoms with Gasteiger partial charge in [-0.15, -0.1) is 0 Å². The largest absolute Gasteiger partial charge is 0.507 e. The van der Waals surface area contributed by atoms with Crippen LogP contribution in [0, 0.1) is 0 Å². The van der Waals surface area contributed by atoms with Gasteiger partial charge in [0.1, 0.15) is 22.7 Å². The number of aromatic nitrogens is 1. The van der Waals surface area contributed by atoms with E-state index in [0.717, 1.165) is 4.47 Å². The van der Waals surface area contributed by atoms with Crippen molar-refractivity contribution >= 4 is 33.8 Å². The monoisotopic (exact) mass is 433 g/mol. The summed E-state index contributed by atoms with van der Waals surface area (Å²) in [5.41, 5.74) is -0.656. The zero-order valence-electron chi connectivity index (χ0n) is 15.4. The number of methoxy groups -OCH3 is 1. The highest BCUT2D eigenvalue weighted by Gasteiger charge is 2.27. The molecule has 1 N–H and O–H groups in total. The molecule has 0 bridgehead atoms. The molecule has 0 saturated heterocycles. The quantitative estimate of drug-likeness (QED) is 0.250. The fraction of sp³-hybridized carbons (Fsp3) is 0.250. The first-order valence-electron chi connectivity index (χ1n) is 8.09. The molecule has 7 heteroatoms. The van der Waals surface area contributed by atoms with Crippen LogP contribution in [0.5, 0.6) is 11.5 Å². The molecule has 0 spiro atoms. The molecule has 0 atom stereocenters. The lowest BCUT2D eigenvalue weighted by Crippen LogP contribution is -2.27. The van der Waals surface area contributed by atoms with Crippen LogP contribution < -0.4 is 4.74 Å². The molecule has 1 aromatic carbocycles. The summed E-state index contributed by atoms with van der Waals surface area (Å²) in [5, 5.41) is 10.2. The molecule has 0 aliphatic heterocycles. The summed E-state index contributed by atoms with van der Waals surface area (Å²) in [4.78, 5) is 29.7. The van der Waals surface area contributed by atoms with E-state index in [4.69, 9.17) is 9.47 Å². The number of esters is 1. The Balaban J connectivity index is 2.49. The van der Waals surface area contributed by atoms with E-state index < -0.39 is 17.4 Å². The molecule has 2 rings (SSSR count). The lowest BCUT2D eigenvalue weighted by molar-refractivity contribution is -0.149. The number of aromatic hydroxyl groups is 1. The molecule has 0 amide bonds. The molecule has 1 aromatic heterocycles. The Bertz CT molecular complexity index is 882. The first-order valence-corrected chi connectivity index (χ1v) is 8.88. The smallest absolute Gasteiger partial charge is 0.342 e. The molecule has 142 valence electrons. The fourth-order valence-electron chi connectivity index (χ4n) is 2.15. The van der Waals surface area contributed by atoms with Gasteiger partial charge < -0.3 is 14.6 Å². The molecule has 0 aliphatic rings. The molecular formula is C20H20BrNO5. The van der Waals surface area contributed by atoms with Crippen LogP contribution in [0.4, 0.5) is 0 Å². The van der Waals surface area contributed by atoms with Crippen molar-refractivity contribution in [1.82, 2.24) is 4.98 Å². The number of phenolic OH excluding ortho intramolecular Hbond substituents is 1. The average Bonchev–Trinajstić information content (AvgIpc) is 2.59. The normalized spacial score (nSPS) is 11.8. The van der Waals surface area contributed by atoms with E-state index >= 15 is 0 Å². The van der Waals surface area contributed by atoms with Gasteiger partial charge in [-0.2, -0.15) is 0 Å². The Morgan fingerprint density at radius 1 is 1.19 bits per heavy atom. The van der Waals surface area contributed by atoms with Crippen LogP contribution in [0.2, 0.25) is 0 Å². The van der Waals surface area contributed by atoms with Crippen molar-refractivity contribution < 1.29 is 24.2 Å². The number of nitrogens with zero attached hydrogens (tertiary/aromatic N) is 1. The predicted molar refractivity (Wildman–Crippen MR) is 105 cm³/mol. The van der Waals surface area contributed by atoms with Gasteiger partial charge in [0, 0.05) is 16.7 Å². The van der Waals surface area contributed by atoms with Gasteiger partial charge in [0.2, 0.25) is 5.78 Å². The highest BCUT2D eigenvalue weighted by atomic mass is 79.9. The van der Waals surface area contributed by atoms with Gasteiger partial charge >= 0.3 is 5.97 Å². The van der Waals surface area contributed by atoms with Crippen LogP contribution >= 0.6 is 15.9 Å². The minimum Gasteiger partial charge on any atom is -0.507 e. The summed E-state index contributed by atoms with van der Waals surface area (Å²) in [7, 11) is 1.45. The van der Waals surface area contributed by atoms with Crippen LogP contribution in [0.25, 0.3) is 6.08 Å².